The maximum atomic E-state index is 14.2. The summed E-state index contributed by atoms with van der Waals surface area (Å²) in [5, 5.41) is 0. The topological polar surface area (TPSA) is 18.5 Å². The Morgan fingerprint density at radius 1 is 1.15 bits per heavy atom. The van der Waals surface area contributed by atoms with Crippen LogP contribution in [-0.2, 0) is 9.31 Å². The lowest BCUT2D eigenvalue weighted by atomic mass is 9.86. The minimum atomic E-state index is -1.02. The van der Waals surface area contributed by atoms with Crippen molar-refractivity contribution in [2.45, 2.75) is 45.8 Å². The molecule has 0 aliphatic carbocycles. The third-order valence-corrected chi connectivity index (χ3v) is 3.96. The van der Waals surface area contributed by atoms with Crippen LogP contribution in [0.4, 0.5) is 8.78 Å². The van der Waals surface area contributed by atoms with Crippen molar-refractivity contribution in [3.8, 4) is 0 Å². The van der Waals surface area contributed by atoms with Gasteiger partial charge in [0.05, 0.1) is 11.2 Å². The fourth-order valence-electron chi connectivity index (χ4n) is 1.94. The zero-order valence-corrected chi connectivity index (χ0v) is 12.5. The fraction of sp³-hybridized carbons (Fsp3) is 0.467. The van der Waals surface area contributed by atoms with Crippen LogP contribution < -0.4 is 0 Å². The van der Waals surface area contributed by atoms with Gasteiger partial charge in [0.25, 0.3) is 0 Å². The first-order valence-electron chi connectivity index (χ1n) is 6.61. The second kappa shape index (κ2) is 4.97. The van der Waals surface area contributed by atoms with Gasteiger partial charge in [0.15, 0.2) is 0 Å². The third-order valence-electron chi connectivity index (χ3n) is 3.96. The van der Waals surface area contributed by atoms with E-state index in [2.05, 4.69) is 0 Å². The van der Waals surface area contributed by atoms with Crippen molar-refractivity contribution in [3.63, 3.8) is 0 Å². The molecule has 0 aromatic heterocycles. The molecule has 2 rings (SSSR count). The molecule has 1 aliphatic heterocycles. The van der Waals surface area contributed by atoms with Crippen LogP contribution in [0.1, 0.15) is 38.8 Å². The second-order valence-corrected chi connectivity index (χ2v) is 6.13. The minimum Gasteiger partial charge on any atom is -0.398 e. The lowest BCUT2D eigenvalue weighted by molar-refractivity contribution is 0.00578. The second-order valence-electron chi connectivity index (χ2n) is 6.13. The third kappa shape index (κ3) is 2.79. The van der Waals surface area contributed by atoms with Crippen LogP contribution >= 0.6 is 0 Å². The molecule has 0 amide bonds. The molecule has 5 heteroatoms. The summed E-state index contributed by atoms with van der Waals surface area (Å²) in [6.07, 6.45) is 1.31. The first-order chi connectivity index (χ1) is 9.12. The Morgan fingerprint density at radius 2 is 1.70 bits per heavy atom. The molecule has 20 heavy (non-hydrogen) atoms. The highest BCUT2D eigenvalue weighted by Crippen LogP contribution is 2.39. The van der Waals surface area contributed by atoms with E-state index in [0.29, 0.717) is 11.1 Å². The summed E-state index contributed by atoms with van der Waals surface area (Å²) in [4.78, 5) is 0. The van der Waals surface area contributed by atoms with Crippen molar-refractivity contribution in [1.82, 2.24) is 0 Å². The Balaban J connectivity index is 2.22. The highest BCUT2D eigenvalue weighted by atomic mass is 19.1. The van der Waals surface area contributed by atoms with Crippen LogP contribution in [0.15, 0.2) is 23.9 Å². The van der Waals surface area contributed by atoms with Gasteiger partial charge in [-0.3, -0.25) is 0 Å². The van der Waals surface area contributed by atoms with Crippen LogP contribution in [0.25, 0.3) is 6.08 Å². The van der Waals surface area contributed by atoms with E-state index in [1.165, 1.54) is 18.2 Å². The van der Waals surface area contributed by atoms with Crippen LogP contribution in [-0.4, -0.2) is 18.3 Å². The average Bonchev–Trinajstić information content (AvgIpc) is 2.53. The number of rotatable bonds is 2. The smallest absolute Gasteiger partial charge is 0.398 e. The van der Waals surface area contributed by atoms with Gasteiger partial charge in [0, 0.05) is 0 Å². The van der Waals surface area contributed by atoms with Gasteiger partial charge >= 0.3 is 7.12 Å². The number of hydrogen-bond donors (Lipinski definition) is 0. The van der Waals surface area contributed by atoms with E-state index in [4.69, 9.17) is 9.31 Å². The van der Waals surface area contributed by atoms with E-state index < -0.39 is 24.0 Å². The number of halogens is 2. The van der Waals surface area contributed by atoms with E-state index in [9.17, 15) is 8.78 Å². The zero-order valence-electron chi connectivity index (χ0n) is 12.5. The molecule has 0 N–H and O–H groups in total. The maximum Gasteiger partial charge on any atom is 0.525 e. The van der Waals surface area contributed by atoms with Crippen LogP contribution in [0.5, 0.6) is 0 Å². The summed E-state index contributed by atoms with van der Waals surface area (Å²) < 4.78 is 38.6. The molecule has 1 heterocycles. The lowest BCUT2D eigenvalue weighted by Gasteiger charge is -2.32. The predicted molar refractivity (Wildman–Crippen MR) is 76.3 cm³/mol. The Labute approximate surface area is 118 Å². The monoisotopic (exact) mass is 280 g/mol. The standard InChI is InChI=1S/C15H19BF2O2/c1-10-8-11(6-7-12(10)17)9-13(18)16-19-14(2,3)15(4,5)20-16/h6-9H,1-5H3. The van der Waals surface area contributed by atoms with E-state index in [0.717, 1.165) is 0 Å². The van der Waals surface area contributed by atoms with Gasteiger partial charge in [-0.05, 0) is 64.0 Å². The Hall–Kier alpha value is -1.20. The molecule has 108 valence electrons. The molecule has 1 aliphatic rings. The summed E-state index contributed by atoms with van der Waals surface area (Å²) in [6.45, 7) is 9.09. The first kappa shape index (κ1) is 15.2. The minimum absolute atomic E-state index is 0.307. The summed E-state index contributed by atoms with van der Waals surface area (Å²) in [7, 11) is -1.02. The van der Waals surface area contributed by atoms with Crippen molar-refractivity contribution in [1.29, 1.82) is 0 Å². The molecule has 0 atom stereocenters. The number of aryl methyl sites for hydroxylation is 1. The molecule has 0 unspecified atom stereocenters. The molecular weight excluding hydrogens is 261 g/mol. The lowest BCUT2D eigenvalue weighted by Crippen LogP contribution is -2.41. The summed E-state index contributed by atoms with van der Waals surface area (Å²) in [5.74, 6) is -0.307. The van der Waals surface area contributed by atoms with Crippen molar-refractivity contribution >= 4 is 13.2 Å². The van der Waals surface area contributed by atoms with E-state index in [-0.39, 0.29) is 5.82 Å². The summed E-state index contributed by atoms with van der Waals surface area (Å²) in [6, 6.07) is 4.42. The fourth-order valence-corrected chi connectivity index (χ4v) is 1.94. The van der Waals surface area contributed by atoms with Crippen LogP contribution in [0.3, 0.4) is 0 Å². The highest BCUT2D eigenvalue weighted by Gasteiger charge is 2.53. The van der Waals surface area contributed by atoms with E-state index in [1.54, 1.807) is 13.0 Å². The van der Waals surface area contributed by atoms with Crippen molar-refractivity contribution in [3.05, 3.63) is 40.9 Å². The largest absolute Gasteiger partial charge is 0.525 e. The van der Waals surface area contributed by atoms with Crippen molar-refractivity contribution in [2.75, 3.05) is 0 Å². The van der Waals surface area contributed by atoms with Gasteiger partial charge in [-0.2, -0.15) is 0 Å². The van der Waals surface area contributed by atoms with Gasteiger partial charge in [-0.15, -0.1) is 0 Å². The van der Waals surface area contributed by atoms with E-state index in [1.807, 2.05) is 27.7 Å². The van der Waals surface area contributed by atoms with Crippen molar-refractivity contribution < 1.29 is 18.1 Å². The van der Waals surface area contributed by atoms with Gasteiger partial charge in [-0.25, -0.2) is 8.78 Å². The Bertz CT molecular complexity index is 537. The normalized spacial score (nSPS) is 21.4. The summed E-state index contributed by atoms with van der Waals surface area (Å²) >= 11 is 0. The number of hydrogen-bond acceptors (Lipinski definition) is 2. The molecule has 0 radical (unpaired) electrons. The molecule has 0 spiro atoms. The molecule has 1 aromatic carbocycles. The quantitative estimate of drug-likeness (QED) is 0.760. The number of benzene rings is 1. The highest BCUT2D eigenvalue weighted by molar-refractivity contribution is 6.54. The molecular formula is C15H19BF2O2. The zero-order chi connectivity index (χ0) is 15.1. The van der Waals surface area contributed by atoms with Crippen LogP contribution in [0, 0.1) is 12.7 Å². The molecule has 1 fully saturated rings. The average molecular weight is 280 g/mol. The van der Waals surface area contributed by atoms with Gasteiger partial charge in [0.1, 0.15) is 11.5 Å². The molecule has 0 saturated carbocycles. The molecule has 1 aromatic rings. The SMILES string of the molecule is Cc1cc(C=C(F)B2OC(C)(C)C(C)(C)O2)ccc1F. The van der Waals surface area contributed by atoms with Crippen LogP contribution in [0.2, 0.25) is 0 Å². The predicted octanol–water partition coefficient (Wildman–Crippen LogP) is 4.08. The summed E-state index contributed by atoms with van der Waals surface area (Å²) in [5.41, 5.74) is -0.630. The first-order valence-corrected chi connectivity index (χ1v) is 6.61. The molecule has 0 bridgehead atoms. The van der Waals surface area contributed by atoms with Gasteiger partial charge < -0.3 is 9.31 Å². The maximum absolute atomic E-state index is 14.2. The Morgan fingerprint density at radius 3 is 2.20 bits per heavy atom. The van der Waals surface area contributed by atoms with Gasteiger partial charge in [0.2, 0.25) is 0 Å². The van der Waals surface area contributed by atoms with E-state index >= 15 is 0 Å². The molecule has 1 saturated heterocycles. The Kier molecular flexibility index (Phi) is 3.78. The molecule has 2 nitrogen and oxygen atoms in total. The van der Waals surface area contributed by atoms with Gasteiger partial charge in [-0.1, -0.05) is 6.07 Å². The van der Waals surface area contributed by atoms with Crippen molar-refractivity contribution in [2.24, 2.45) is 0 Å².